The molecule has 0 bridgehead atoms. The van der Waals surface area contributed by atoms with Crippen LogP contribution in [0.3, 0.4) is 0 Å². The van der Waals surface area contributed by atoms with E-state index in [0.29, 0.717) is 11.6 Å². The van der Waals surface area contributed by atoms with Crippen LogP contribution in [0.4, 0.5) is 14.5 Å². The van der Waals surface area contributed by atoms with E-state index < -0.39 is 24.2 Å². The van der Waals surface area contributed by atoms with Gasteiger partial charge in [-0.1, -0.05) is 26.0 Å². The fourth-order valence-electron chi connectivity index (χ4n) is 2.26. The molecule has 0 spiro atoms. The van der Waals surface area contributed by atoms with Crippen LogP contribution in [-0.2, 0) is 9.53 Å². The number of carbonyl (C=O) groups is 2. The van der Waals surface area contributed by atoms with Gasteiger partial charge in [0.25, 0.3) is 11.7 Å². The Bertz CT molecular complexity index is 785. The minimum atomic E-state index is -2.71. The van der Waals surface area contributed by atoms with Crippen LogP contribution in [0.15, 0.2) is 47.6 Å². The number of thioether (sulfide) groups is 1. The number of benzene rings is 1. The van der Waals surface area contributed by atoms with Gasteiger partial charge in [-0.3, -0.25) is 4.79 Å². The number of nitrogens with one attached hydrogen (secondary N) is 1. The average molecular weight is 394 g/mol. The van der Waals surface area contributed by atoms with Gasteiger partial charge in [-0.25, -0.2) is 9.78 Å². The van der Waals surface area contributed by atoms with Gasteiger partial charge < -0.3 is 10.1 Å². The summed E-state index contributed by atoms with van der Waals surface area (Å²) in [6.45, 7) is 3.69. The number of ether oxygens (including phenoxy) is 1. The standard InChI is InChI=1S/C19H20F2N2O3S/c1-3-12(2)13-6-8-14(9-7-13)23-16(24)11-26-18(25)15-5-4-10-22-17(15)27-19(20)21/h4-10,12,19H,3,11H2,1-2H3,(H,23,24)/t12-/m1/s1. The van der Waals surface area contributed by atoms with E-state index in [1.54, 1.807) is 12.1 Å². The van der Waals surface area contributed by atoms with Crippen molar-refractivity contribution >= 4 is 29.3 Å². The van der Waals surface area contributed by atoms with Crippen LogP contribution < -0.4 is 5.32 Å². The number of esters is 1. The molecule has 0 aliphatic rings. The SMILES string of the molecule is CC[C@@H](C)c1ccc(NC(=O)COC(=O)c2cccnc2SC(F)F)cc1. The third kappa shape index (κ3) is 6.32. The fraction of sp³-hybridized carbons (Fsp3) is 0.316. The number of alkyl halides is 2. The van der Waals surface area contributed by atoms with E-state index in [9.17, 15) is 18.4 Å². The lowest BCUT2D eigenvalue weighted by atomic mass is 9.99. The zero-order valence-corrected chi connectivity index (χ0v) is 15.8. The summed E-state index contributed by atoms with van der Waals surface area (Å²) in [5.41, 5.74) is 1.65. The number of hydrogen-bond donors (Lipinski definition) is 1. The third-order valence-electron chi connectivity index (χ3n) is 3.90. The van der Waals surface area contributed by atoms with Gasteiger partial charge in [0.1, 0.15) is 5.03 Å². The Morgan fingerprint density at radius 1 is 1.22 bits per heavy atom. The van der Waals surface area contributed by atoms with Gasteiger partial charge in [0.05, 0.1) is 5.56 Å². The Balaban J connectivity index is 1.91. The molecule has 0 saturated heterocycles. The number of nitrogens with zero attached hydrogens (tertiary/aromatic N) is 1. The van der Waals surface area contributed by atoms with Gasteiger partial charge in [0.2, 0.25) is 0 Å². The molecule has 0 radical (unpaired) electrons. The highest BCUT2D eigenvalue weighted by Gasteiger charge is 2.18. The summed E-state index contributed by atoms with van der Waals surface area (Å²) in [5.74, 6) is -3.69. The Labute approximate surface area is 160 Å². The van der Waals surface area contributed by atoms with Crippen molar-refractivity contribution in [3.8, 4) is 0 Å². The Hall–Kier alpha value is -2.48. The molecule has 5 nitrogen and oxygen atoms in total. The van der Waals surface area contributed by atoms with Crippen LogP contribution in [0.25, 0.3) is 0 Å². The van der Waals surface area contributed by atoms with Crippen molar-refractivity contribution in [3.05, 3.63) is 53.7 Å². The van der Waals surface area contributed by atoms with Gasteiger partial charge >= 0.3 is 5.97 Å². The van der Waals surface area contributed by atoms with Crippen LogP contribution in [0.5, 0.6) is 0 Å². The second-order valence-corrected chi connectivity index (χ2v) is 6.77. The average Bonchev–Trinajstić information content (AvgIpc) is 2.66. The first-order chi connectivity index (χ1) is 12.9. The number of amides is 1. The second kappa shape index (κ2) is 10.0. The first kappa shape index (κ1) is 20.8. The molecule has 0 fully saturated rings. The quantitative estimate of drug-likeness (QED) is 0.519. The van der Waals surface area contributed by atoms with Gasteiger partial charge in [0.15, 0.2) is 6.61 Å². The third-order valence-corrected chi connectivity index (χ3v) is 4.63. The zero-order valence-electron chi connectivity index (χ0n) is 14.9. The van der Waals surface area contributed by atoms with Crippen LogP contribution in [0.2, 0.25) is 0 Å². The van der Waals surface area contributed by atoms with E-state index in [4.69, 9.17) is 4.74 Å². The number of aromatic nitrogens is 1. The number of carbonyl (C=O) groups excluding carboxylic acids is 2. The summed E-state index contributed by atoms with van der Waals surface area (Å²) in [7, 11) is 0. The maximum absolute atomic E-state index is 12.5. The Morgan fingerprint density at radius 3 is 2.56 bits per heavy atom. The van der Waals surface area contributed by atoms with Crippen LogP contribution in [-0.4, -0.2) is 29.2 Å². The van der Waals surface area contributed by atoms with Gasteiger partial charge in [-0.2, -0.15) is 8.78 Å². The highest BCUT2D eigenvalue weighted by molar-refractivity contribution is 7.99. The number of pyridine rings is 1. The van der Waals surface area contributed by atoms with Gasteiger partial charge in [-0.15, -0.1) is 0 Å². The molecule has 0 aliphatic heterocycles. The zero-order chi connectivity index (χ0) is 19.8. The summed E-state index contributed by atoms with van der Waals surface area (Å²) < 4.78 is 30.0. The molecule has 1 atom stereocenters. The largest absolute Gasteiger partial charge is 0.452 e. The fourth-order valence-corrected chi connectivity index (χ4v) is 2.83. The maximum atomic E-state index is 12.5. The molecule has 1 aromatic carbocycles. The highest BCUT2D eigenvalue weighted by atomic mass is 32.2. The smallest absolute Gasteiger partial charge is 0.341 e. The molecule has 27 heavy (non-hydrogen) atoms. The van der Waals surface area contributed by atoms with E-state index in [1.165, 1.54) is 23.9 Å². The summed E-state index contributed by atoms with van der Waals surface area (Å²) in [4.78, 5) is 27.8. The molecule has 0 unspecified atom stereocenters. The summed E-state index contributed by atoms with van der Waals surface area (Å²) in [5, 5.41) is 2.48. The number of halogens is 2. The molecule has 8 heteroatoms. The number of hydrogen-bond acceptors (Lipinski definition) is 5. The Kier molecular flexibility index (Phi) is 7.72. The van der Waals surface area contributed by atoms with Crippen molar-refractivity contribution in [2.45, 2.75) is 37.0 Å². The first-order valence-electron chi connectivity index (χ1n) is 8.37. The predicted molar refractivity (Wildman–Crippen MR) is 100 cm³/mol. The molecular weight excluding hydrogens is 374 g/mol. The molecule has 1 aromatic heterocycles. The first-order valence-corrected chi connectivity index (χ1v) is 9.25. The highest BCUT2D eigenvalue weighted by Crippen LogP contribution is 2.26. The molecule has 0 aliphatic carbocycles. The van der Waals surface area contributed by atoms with Crippen LogP contribution in [0.1, 0.15) is 42.1 Å². The van der Waals surface area contributed by atoms with E-state index in [-0.39, 0.29) is 22.4 Å². The molecule has 1 amide bonds. The van der Waals surface area contributed by atoms with Crippen molar-refractivity contribution < 1.29 is 23.1 Å². The number of rotatable bonds is 8. The lowest BCUT2D eigenvalue weighted by Crippen LogP contribution is -2.21. The van der Waals surface area contributed by atoms with Crippen LogP contribution >= 0.6 is 11.8 Å². The van der Waals surface area contributed by atoms with E-state index in [1.807, 2.05) is 12.1 Å². The second-order valence-electron chi connectivity index (χ2n) is 5.79. The van der Waals surface area contributed by atoms with Gasteiger partial charge in [-0.05, 0) is 53.9 Å². The summed E-state index contributed by atoms with van der Waals surface area (Å²) in [6.07, 6.45) is 2.32. The summed E-state index contributed by atoms with van der Waals surface area (Å²) >= 11 is 0.150. The molecule has 1 heterocycles. The molecule has 2 aromatic rings. The lowest BCUT2D eigenvalue weighted by Gasteiger charge is -2.11. The molecule has 0 saturated carbocycles. The normalized spacial score (nSPS) is 11.9. The van der Waals surface area contributed by atoms with Crippen LogP contribution in [0, 0.1) is 0 Å². The van der Waals surface area contributed by atoms with E-state index >= 15 is 0 Å². The van der Waals surface area contributed by atoms with Crippen molar-refractivity contribution in [2.24, 2.45) is 0 Å². The molecule has 144 valence electrons. The number of anilines is 1. The lowest BCUT2D eigenvalue weighted by molar-refractivity contribution is -0.119. The molecule has 1 N–H and O–H groups in total. The predicted octanol–water partition coefficient (Wildman–Crippen LogP) is 4.71. The van der Waals surface area contributed by atoms with Crippen molar-refractivity contribution in [1.29, 1.82) is 0 Å². The maximum Gasteiger partial charge on any atom is 0.341 e. The molecule has 2 rings (SSSR count). The van der Waals surface area contributed by atoms with Gasteiger partial charge in [0, 0.05) is 11.9 Å². The monoisotopic (exact) mass is 394 g/mol. The van der Waals surface area contributed by atoms with Crippen molar-refractivity contribution in [2.75, 3.05) is 11.9 Å². The minimum Gasteiger partial charge on any atom is -0.452 e. The van der Waals surface area contributed by atoms with Crippen molar-refractivity contribution in [3.63, 3.8) is 0 Å². The molecular formula is C19H20F2N2O3S. The van der Waals surface area contributed by atoms with E-state index in [2.05, 4.69) is 24.1 Å². The minimum absolute atomic E-state index is 0.103. The van der Waals surface area contributed by atoms with Crippen molar-refractivity contribution in [1.82, 2.24) is 4.98 Å². The Morgan fingerprint density at radius 2 is 1.93 bits per heavy atom. The summed E-state index contributed by atoms with van der Waals surface area (Å²) in [6, 6.07) is 10.2. The van der Waals surface area contributed by atoms with E-state index in [0.717, 1.165) is 6.42 Å². The topological polar surface area (TPSA) is 68.3 Å².